The molecule has 1 aromatic carbocycles. The molecule has 0 saturated carbocycles. The zero-order valence-corrected chi connectivity index (χ0v) is 9.45. The van der Waals surface area contributed by atoms with Crippen LogP contribution in [0.25, 0.3) is 0 Å². The second-order valence-corrected chi connectivity index (χ2v) is 3.76. The van der Waals surface area contributed by atoms with Crippen LogP contribution in [-0.4, -0.2) is 12.5 Å². The van der Waals surface area contributed by atoms with Gasteiger partial charge in [0, 0.05) is 17.8 Å². The Hall–Kier alpha value is -2.02. The summed E-state index contributed by atoms with van der Waals surface area (Å²) in [5.74, 6) is -0.378. The van der Waals surface area contributed by atoms with Crippen molar-refractivity contribution < 1.29 is 4.79 Å². The van der Waals surface area contributed by atoms with Gasteiger partial charge in [0.1, 0.15) is 0 Å². The Labute approximate surface area is 95.1 Å². The Morgan fingerprint density at radius 1 is 1.62 bits per heavy atom. The van der Waals surface area contributed by atoms with Crippen LogP contribution in [0.2, 0.25) is 0 Å². The zero-order chi connectivity index (χ0) is 12.1. The van der Waals surface area contributed by atoms with E-state index in [0.717, 1.165) is 5.56 Å². The van der Waals surface area contributed by atoms with Crippen molar-refractivity contribution in [2.24, 2.45) is 5.92 Å². The van der Waals surface area contributed by atoms with E-state index >= 15 is 0 Å². The average molecular weight is 217 g/mol. The van der Waals surface area contributed by atoms with Gasteiger partial charge in [-0.25, -0.2) is 0 Å². The molecule has 1 amide bonds. The van der Waals surface area contributed by atoms with Crippen LogP contribution in [0.1, 0.15) is 22.8 Å². The average Bonchev–Trinajstić information content (AvgIpc) is 2.29. The normalized spacial score (nSPS) is 11.6. The topological polar surface area (TPSA) is 78.9 Å². The Balaban J connectivity index is 2.75. The van der Waals surface area contributed by atoms with Gasteiger partial charge in [-0.1, -0.05) is 6.07 Å². The van der Waals surface area contributed by atoms with Crippen molar-refractivity contribution >= 4 is 11.6 Å². The van der Waals surface area contributed by atoms with Gasteiger partial charge in [0.25, 0.3) is 5.91 Å². The fraction of sp³-hybridized carbons (Fsp3) is 0.333. The lowest BCUT2D eigenvalue weighted by Crippen LogP contribution is -2.28. The summed E-state index contributed by atoms with van der Waals surface area (Å²) in [6.45, 7) is 3.91. The predicted octanol–water partition coefficient (Wildman–Crippen LogP) is 1.47. The fourth-order valence-electron chi connectivity index (χ4n) is 1.29. The zero-order valence-electron chi connectivity index (χ0n) is 9.45. The van der Waals surface area contributed by atoms with Crippen molar-refractivity contribution in [3.05, 3.63) is 29.3 Å². The highest BCUT2D eigenvalue weighted by Gasteiger charge is 2.10. The van der Waals surface area contributed by atoms with Crippen LogP contribution in [0.3, 0.4) is 0 Å². The molecule has 0 heterocycles. The summed E-state index contributed by atoms with van der Waals surface area (Å²) >= 11 is 0. The number of nitrogens with one attached hydrogen (secondary N) is 1. The van der Waals surface area contributed by atoms with E-state index in [1.54, 1.807) is 32.0 Å². The Morgan fingerprint density at radius 3 is 2.94 bits per heavy atom. The van der Waals surface area contributed by atoms with E-state index in [1.807, 2.05) is 0 Å². The Kier molecular flexibility index (Phi) is 3.90. The number of anilines is 1. The van der Waals surface area contributed by atoms with Crippen molar-refractivity contribution in [2.45, 2.75) is 13.8 Å². The van der Waals surface area contributed by atoms with Crippen molar-refractivity contribution in [1.82, 2.24) is 5.32 Å². The minimum Gasteiger partial charge on any atom is -0.398 e. The first-order chi connectivity index (χ1) is 7.56. The fourth-order valence-corrected chi connectivity index (χ4v) is 1.29. The van der Waals surface area contributed by atoms with Gasteiger partial charge >= 0.3 is 0 Å². The molecule has 0 spiro atoms. The number of carbonyl (C=O) groups is 1. The summed E-state index contributed by atoms with van der Waals surface area (Å²) in [4.78, 5) is 11.8. The SMILES string of the molecule is Cc1c(N)cccc1C(=O)NCC(C)C#N. The van der Waals surface area contributed by atoms with Crippen LogP contribution >= 0.6 is 0 Å². The number of rotatable bonds is 3. The van der Waals surface area contributed by atoms with Crippen LogP contribution in [0, 0.1) is 24.2 Å². The number of benzene rings is 1. The lowest BCUT2D eigenvalue weighted by atomic mass is 10.1. The summed E-state index contributed by atoms with van der Waals surface area (Å²) in [5.41, 5.74) is 7.63. The standard InChI is InChI=1S/C12H15N3O/c1-8(6-13)7-15-12(16)10-4-3-5-11(14)9(10)2/h3-5,8H,7,14H2,1-2H3,(H,15,16). The third-order valence-corrected chi connectivity index (χ3v) is 2.41. The van der Waals surface area contributed by atoms with Crippen LogP contribution in [0.15, 0.2) is 18.2 Å². The minimum absolute atomic E-state index is 0.188. The molecule has 0 aliphatic rings. The molecule has 0 fully saturated rings. The lowest BCUT2D eigenvalue weighted by Gasteiger charge is -2.09. The van der Waals surface area contributed by atoms with E-state index < -0.39 is 0 Å². The number of nitrogens with two attached hydrogens (primary N) is 1. The van der Waals surface area contributed by atoms with E-state index in [2.05, 4.69) is 11.4 Å². The maximum atomic E-state index is 11.8. The first kappa shape index (κ1) is 12.1. The smallest absolute Gasteiger partial charge is 0.251 e. The largest absolute Gasteiger partial charge is 0.398 e. The molecule has 1 aromatic rings. The van der Waals surface area contributed by atoms with Gasteiger partial charge in [0.15, 0.2) is 0 Å². The molecule has 1 atom stereocenters. The molecule has 4 nitrogen and oxygen atoms in total. The van der Waals surface area contributed by atoms with Gasteiger partial charge in [-0.2, -0.15) is 5.26 Å². The summed E-state index contributed by atoms with van der Waals surface area (Å²) in [6, 6.07) is 7.27. The van der Waals surface area contributed by atoms with E-state index in [-0.39, 0.29) is 11.8 Å². The van der Waals surface area contributed by atoms with Crippen LogP contribution in [0.4, 0.5) is 5.69 Å². The molecule has 0 aliphatic heterocycles. The van der Waals surface area contributed by atoms with Crippen molar-refractivity contribution in [1.29, 1.82) is 5.26 Å². The molecular formula is C12H15N3O. The number of hydrogen-bond acceptors (Lipinski definition) is 3. The van der Waals surface area contributed by atoms with Crippen LogP contribution in [0.5, 0.6) is 0 Å². The second-order valence-electron chi connectivity index (χ2n) is 3.76. The van der Waals surface area contributed by atoms with E-state index in [9.17, 15) is 4.79 Å². The third-order valence-electron chi connectivity index (χ3n) is 2.41. The number of nitrogens with zero attached hydrogens (tertiary/aromatic N) is 1. The molecule has 0 aromatic heterocycles. The van der Waals surface area contributed by atoms with Gasteiger partial charge in [0.05, 0.1) is 12.0 Å². The van der Waals surface area contributed by atoms with Gasteiger partial charge in [-0.05, 0) is 31.5 Å². The number of nitrogen functional groups attached to an aromatic ring is 1. The van der Waals surface area contributed by atoms with Gasteiger partial charge in [-0.3, -0.25) is 4.79 Å². The van der Waals surface area contributed by atoms with Crippen molar-refractivity contribution in [2.75, 3.05) is 12.3 Å². The molecule has 0 saturated heterocycles. The molecule has 0 radical (unpaired) electrons. The molecule has 16 heavy (non-hydrogen) atoms. The van der Waals surface area contributed by atoms with Crippen LogP contribution in [-0.2, 0) is 0 Å². The van der Waals surface area contributed by atoms with E-state index in [4.69, 9.17) is 11.0 Å². The predicted molar refractivity (Wildman–Crippen MR) is 62.7 cm³/mol. The number of hydrogen-bond donors (Lipinski definition) is 2. The van der Waals surface area contributed by atoms with Crippen molar-refractivity contribution in [3.8, 4) is 6.07 Å². The summed E-state index contributed by atoms with van der Waals surface area (Å²) in [5, 5.41) is 11.3. The highest BCUT2D eigenvalue weighted by Crippen LogP contribution is 2.15. The molecule has 84 valence electrons. The number of amides is 1. The second kappa shape index (κ2) is 5.17. The monoisotopic (exact) mass is 217 g/mol. The van der Waals surface area contributed by atoms with Gasteiger partial charge < -0.3 is 11.1 Å². The molecule has 1 rings (SSSR count). The van der Waals surface area contributed by atoms with Gasteiger partial charge in [-0.15, -0.1) is 0 Å². The Bertz CT molecular complexity index is 434. The molecule has 1 unspecified atom stereocenters. The first-order valence-corrected chi connectivity index (χ1v) is 5.09. The summed E-state index contributed by atoms with van der Waals surface area (Å²) < 4.78 is 0. The highest BCUT2D eigenvalue weighted by atomic mass is 16.1. The third kappa shape index (κ3) is 2.74. The van der Waals surface area contributed by atoms with E-state index in [0.29, 0.717) is 17.8 Å². The molecular weight excluding hydrogens is 202 g/mol. The Morgan fingerprint density at radius 2 is 2.31 bits per heavy atom. The van der Waals surface area contributed by atoms with Crippen LogP contribution < -0.4 is 11.1 Å². The highest BCUT2D eigenvalue weighted by molar-refractivity contribution is 5.96. The minimum atomic E-state index is -0.190. The summed E-state index contributed by atoms with van der Waals surface area (Å²) in [7, 11) is 0. The van der Waals surface area contributed by atoms with Crippen molar-refractivity contribution in [3.63, 3.8) is 0 Å². The molecule has 4 heteroatoms. The summed E-state index contributed by atoms with van der Waals surface area (Å²) in [6.07, 6.45) is 0. The quantitative estimate of drug-likeness (QED) is 0.752. The lowest BCUT2D eigenvalue weighted by molar-refractivity contribution is 0.0950. The maximum absolute atomic E-state index is 11.8. The molecule has 0 aliphatic carbocycles. The number of nitriles is 1. The molecule has 3 N–H and O–H groups in total. The first-order valence-electron chi connectivity index (χ1n) is 5.09. The van der Waals surface area contributed by atoms with E-state index in [1.165, 1.54) is 0 Å². The maximum Gasteiger partial charge on any atom is 0.251 e. The molecule has 0 bridgehead atoms. The number of carbonyl (C=O) groups excluding carboxylic acids is 1. The van der Waals surface area contributed by atoms with Gasteiger partial charge in [0.2, 0.25) is 0 Å².